The van der Waals surface area contributed by atoms with Gasteiger partial charge in [-0.3, -0.25) is 0 Å². The third kappa shape index (κ3) is 2.98. The Balaban J connectivity index is 1.75. The molecule has 0 unspecified atom stereocenters. The average Bonchev–Trinajstić information content (AvgIpc) is 2.92. The lowest BCUT2D eigenvalue weighted by Gasteiger charge is -2.42. The summed E-state index contributed by atoms with van der Waals surface area (Å²) in [6, 6.07) is 0. The Morgan fingerprint density at radius 2 is 1.75 bits per heavy atom. The average molecular weight is 346 g/mol. The van der Waals surface area contributed by atoms with Gasteiger partial charge in [0.25, 0.3) is 0 Å². The molecule has 2 aliphatic heterocycles. The van der Waals surface area contributed by atoms with Crippen LogP contribution in [-0.4, -0.2) is 87.0 Å². The van der Waals surface area contributed by atoms with Crippen LogP contribution < -0.4 is 0 Å². The molecule has 6 N–H and O–H groups in total. The summed E-state index contributed by atoms with van der Waals surface area (Å²) in [5.41, 5.74) is 0.534. The van der Waals surface area contributed by atoms with Crippen molar-refractivity contribution in [3.05, 3.63) is 24.0 Å². The molecule has 3 rings (SSSR count). The minimum Gasteiger partial charge on any atom is -0.472 e. The lowest BCUT2D eigenvalue weighted by atomic mass is 9.88. The molecule has 0 aromatic heterocycles. The van der Waals surface area contributed by atoms with Gasteiger partial charge in [-0.25, -0.2) is 0 Å². The van der Waals surface area contributed by atoms with E-state index in [1.165, 1.54) is 12.3 Å². The summed E-state index contributed by atoms with van der Waals surface area (Å²) in [6.07, 6.45) is -4.27. The lowest BCUT2D eigenvalue weighted by Crippen LogP contribution is -2.60. The maximum atomic E-state index is 10.0. The molecule has 0 radical (unpaired) electrons. The molecule has 1 aliphatic carbocycles. The zero-order valence-electron chi connectivity index (χ0n) is 12.8. The van der Waals surface area contributed by atoms with Crippen LogP contribution in [0.25, 0.3) is 0 Å². The first-order valence-corrected chi connectivity index (χ1v) is 7.75. The molecule has 2 heterocycles. The van der Waals surface area contributed by atoms with Crippen molar-refractivity contribution < 1.29 is 44.8 Å². The van der Waals surface area contributed by atoms with Crippen molar-refractivity contribution in [2.24, 2.45) is 11.8 Å². The van der Waals surface area contributed by atoms with E-state index in [1.807, 2.05) is 0 Å². The summed E-state index contributed by atoms with van der Waals surface area (Å²) < 4.78 is 16.3. The van der Waals surface area contributed by atoms with Gasteiger partial charge in [-0.1, -0.05) is 6.08 Å². The van der Waals surface area contributed by atoms with Crippen molar-refractivity contribution in [1.82, 2.24) is 0 Å². The van der Waals surface area contributed by atoms with Gasteiger partial charge in [-0.15, -0.1) is 0 Å². The fourth-order valence-electron chi connectivity index (χ4n) is 3.38. The molecule has 1 saturated heterocycles. The minimum atomic E-state index is -1.56. The maximum absolute atomic E-state index is 10.0. The van der Waals surface area contributed by atoms with Crippen molar-refractivity contribution in [3.63, 3.8) is 0 Å². The number of rotatable bonds is 4. The van der Waals surface area contributed by atoms with Crippen LogP contribution in [-0.2, 0) is 14.2 Å². The summed E-state index contributed by atoms with van der Waals surface area (Å²) in [4.78, 5) is 0. The van der Waals surface area contributed by atoms with Crippen LogP contribution >= 0.6 is 0 Å². The highest BCUT2D eigenvalue weighted by molar-refractivity contribution is 5.25. The second-order valence-corrected chi connectivity index (χ2v) is 6.16. The van der Waals surface area contributed by atoms with E-state index >= 15 is 0 Å². The Labute approximate surface area is 138 Å². The summed E-state index contributed by atoms with van der Waals surface area (Å²) in [5.74, 6) is -0.835. The fourth-order valence-corrected chi connectivity index (χ4v) is 3.38. The molecule has 9 nitrogen and oxygen atoms in total. The van der Waals surface area contributed by atoms with Gasteiger partial charge >= 0.3 is 0 Å². The van der Waals surface area contributed by atoms with E-state index in [0.29, 0.717) is 5.57 Å². The first-order valence-electron chi connectivity index (χ1n) is 7.75. The van der Waals surface area contributed by atoms with E-state index in [9.17, 15) is 30.6 Å². The molecule has 24 heavy (non-hydrogen) atoms. The molecule has 3 aliphatic rings. The van der Waals surface area contributed by atoms with Gasteiger partial charge in [0.1, 0.15) is 24.4 Å². The molecular formula is C15H22O9. The molecule has 0 aromatic rings. The molecule has 9 heteroatoms. The van der Waals surface area contributed by atoms with Crippen LogP contribution in [0.3, 0.4) is 0 Å². The van der Waals surface area contributed by atoms with Gasteiger partial charge in [0, 0.05) is 5.92 Å². The zero-order chi connectivity index (χ0) is 17.4. The third-order valence-corrected chi connectivity index (χ3v) is 4.73. The quantitative estimate of drug-likeness (QED) is 0.297. The number of aliphatic hydroxyl groups is 6. The number of hydrogen-bond acceptors (Lipinski definition) is 9. The number of ether oxygens (including phenoxy) is 3. The maximum Gasteiger partial charge on any atom is 0.209 e. The molecular weight excluding hydrogens is 324 g/mol. The zero-order valence-corrected chi connectivity index (χ0v) is 12.8. The summed E-state index contributed by atoms with van der Waals surface area (Å²) in [7, 11) is 0. The molecule has 1 fully saturated rings. The Morgan fingerprint density at radius 1 is 1.00 bits per heavy atom. The lowest BCUT2D eigenvalue weighted by molar-refractivity contribution is -0.339. The molecule has 0 amide bonds. The van der Waals surface area contributed by atoms with Crippen LogP contribution in [0.1, 0.15) is 0 Å². The highest BCUT2D eigenvalue weighted by Gasteiger charge is 2.49. The van der Waals surface area contributed by atoms with Crippen LogP contribution in [0.2, 0.25) is 0 Å². The van der Waals surface area contributed by atoms with Crippen LogP contribution in [0.5, 0.6) is 0 Å². The first-order chi connectivity index (χ1) is 11.5. The normalized spacial score (nSPS) is 47.9. The second kappa shape index (κ2) is 7.06. The van der Waals surface area contributed by atoms with E-state index in [2.05, 4.69) is 0 Å². The van der Waals surface area contributed by atoms with Crippen molar-refractivity contribution in [2.75, 3.05) is 13.2 Å². The summed E-state index contributed by atoms with van der Waals surface area (Å²) in [6.45, 7) is -0.854. The second-order valence-electron chi connectivity index (χ2n) is 6.16. The van der Waals surface area contributed by atoms with Gasteiger partial charge in [0.15, 0.2) is 6.29 Å². The molecule has 0 spiro atoms. The standard InChI is InChI=1S/C15H22O9/c16-4-6-3-8(18)7-1-2-22-14(10(6)7)24-15-13(21)12(20)11(19)9(5-17)23-15/h1-3,7-21H,4-5H2/t7-,8+,9+,10+,11+,12-,13+,14-,15+/m0/s1. The smallest absolute Gasteiger partial charge is 0.209 e. The third-order valence-electron chi connectivity index (χ3n) is 4.73. The van der Waals surface area contributed by atoms with Crippen molar-refractivity contribution in [2.45, 2.75) is 43.1 Å². The van der Waals surface area contributed by atoms with E-state index in [-0.39, 0.29) is 12.5 Å². The number of aliphatic hydroxyl groups excluding tert-OH is 6. The fraction of sp³-hybridized carbons (Fsp3) is 0.733. The Morgan fingerprint density at radius 3 is 2.42 bits per heavy atom. The highest BCUT2D eigenvalue weighted by atomic mass is 16.8. The minimum absolute atomic E-state index is 0.288. The Bertz CT molecular complexity index is 505. The monoisotopic (exact) mass is 346 g/mol. The molecule has 0 bridgehead atoms. The molecule has 0 aromatic carbocycles. The van der Waals surface area contributed by atoms with Gasteiger partial charge in [-0.2, -0.15) is 0 Å². The summed E-state index contributed by atoms with van der Waals surface area (Å²) >= 11 is 0. The SMILES string of the molecule is OCC1=C[C@@H](O)[C@@H]2C=CO[C@@H](O[C@H]3O[C@H](CO)[C@@H](O)[C@H](O)[C@H]3O)[C@H]12. The first kappa shape index (κ1) is 17.8. The van der Waals surface area contributed by atoms with E-state index < -0.39 is 55.6 Å². The van der Waals surface area contributed by atoms with Crippen molar-refractivity contribution >= 4 is 0 Å². The van der Waals surface area contributed by atoms with Crippen LogP contribution in [0.4, 0.5) is 0 Å². The highest BCUT2D eigenvalue weighted by Crippen LogP contribution is 2.40. The Kier molecular flexibility index (Phi) is 5.23. The Hall–Kier alpha value is -1.04. The van der Waals surface area contributed by atoms with Gasteiger partial charge in [0.2, 0.25) is 6.29 Å². The van der Waals surface area contributed by atoms with Crippen molar-refractivity contribution in [1.29, 1.82) is 0 Å². The van der Waals surface area contributed by atoms with Crippen LogP contribution in [0.15, 0.2) is 24.0 Å². The predicted octanol–water partition coefficient (Wildman–Crippen LogP) is -2.80. The molecule has 136 valence electrons. The van der Waals surface area contributed by atoms with Crippen molar-refractivity contribution in [3.8, 4) is 0 Å². The van der Waals surface area contributed by atoms with E-state index in [4.69, 9.17) is 14.2 Å². The van der Waals surface area contributed by atoms with Gasteiger partial charge < -0.3 is 44.8 Å². The topological polar surface area (TPSA) is 149 Å². The van der Waals surface area contributed by atoms with Crippen LogP contribution in [0, 0.1) is 11.8 Å². The molecule has 0 saturated carbocycles. The predicted molar refractivity (Wildman–Crippen MR) is 77.0 cm³/mol. The summed E-state index contributed by atoms with van der Waals surface area (Å²) in [5, 5.41) is 58.3. The largest absolute Gasteiger partial charge is 0.472 e. The molecule has 9 atom stereocenters. The number of hydrogen-bond donors (Lipinski definition) is 6. The van der Waals surface area contributed by atoms with E-state index in [0.717, 1.165) is 0 Å². The van der Waals surface area contributed by atoms with E-state index in [1.54, 1.807) is 6.08 Å². The van der Waals surface area contributed by atoms with Gasteiger partial charge in [-0.05, 0) is 11.6 Å². The van der Waals surface area contributed by atoms with Gasteiger partial charge in [0.05, 0.1) is 31.5 Å². The number of fused-ring (bicyclic) bond motifs is 1.